The van der Waals surface area contributed by atoms with Gasteiger partial charge in [-0.2, -0.15) is 0 Å². The Hall–Kier alpha value is -1.78. The van der Waals surface area contributed by atoms with Crippen molar-refractivity contribution < 1.29 is 57.0 Å². The van der Waals surface area contributed by atoms with Crippen LogP contribution in [0.25, 0.3) is 0 Å². The maximum Gasteiger partial charge on any atom is 0.407 e. The average molecular weight is 1340 g/mol. The first-order valence-corrected chi connectivity index (χ1v) is 38.8. The number of rotatable bonds is 75. The van der Waals surface area contributed by atoms with Crippen LogP contribution in [0.5, 0.6) is 0 Å². The highest BCUT2D eigenvalue weighted by Crippen LogP contribution is 2.17. The van der Waals surface area contributed by atoms with E-state index in [-0.39, 0.29) is 53.8 Å². The van der Waals surface area contributed by atoms with E-state index in [9.17, 15) is 9.59 Å². The Morgan fingerprint density at radius 2 is 0.505 bits per heavy atom. The average Bonchev–Trinajstić information content (AvgIpc) is 3.76. The van der Waals surface area contributed by atoms with Crippen molar-refractivity contribution in [2.45, 2.75) is 390 Å². The summed E-state index contributed by atoms with van der Waals surface area (Å²) in [5, 5.41) is 5.68. The fraction of sp³-hybridized carbons (Fsp3) is 0.975. The van der Waals surface area contributed by atoms with Crippen LogP contribution >= 0.6 is 0 Å². The van der Waals surface area contributed by atoms with Gasteiger partial charge in [-0.25, -0.2) is 9.59 Å². The second-order valence-electron chi connectivity index (χ2n) is 25.9. The fourth-order valence-corrected chi connectivity index (χ4v) is 10.8. The Labute approximate surface area is 580 Å². The van der Waals surface area contributed by atoms with Crippen LogP contribution < -0.4 is 10.6 Å². The highest BCUT2D eigenvalue weighted by Gasteiger charge is 2.15. The Morgan fingerprint density at radius 3 is 0.763 bits per heavy atom. The molecule has 0 bridgehead atoms. The molecule has 93 heavy (non-hydrogen) atoms. The molecule has 14 nitrogen and oxygen atoms in total. The van der Waals surface area contributed by atoms with Crippen LogP contribution in [-0.4, -0.2) is 143 Å². The molecule has 0 rings (SSSR count). The van der Waals surface area contributed by atoms with Gasteiger partial charge in [0.15, 0.2) is 0 Å². The van der Waals surface area contributed by atoms with Crippen molar-refractivity contribution >= 4 is 12.2 Å². The quantitative estimate of drug-likeness (QED) is 0.0558. The molecule has 0 aromatic carbocycles. The van der Waals surface area contributed by atoms with Crippen LogP contribution in [0.4, 0.5) is 9.59 Å². The Morgan fingerprint density at radius 1 is 0.269 bits per heavy atom. The lowest BCUT2D eigenvalue weighted by atomic mass is 10.1. The molecule has 2 N–H and O–H groups in total. The molecular weight excluding hydrogens is 1170 g/mol. The summed E-state index contributed by atoms with van der Waals surface area (Å²) in [5.74, 6) is 0. The minimum Gasteiger partial charge on any atom is -0.447 e. The predicted octanol–water partition coefficient (Wildman–Crippen LogP) is 23.0. The minimum absolute atomic E-state index is 0. The standard InChI is InChI=1S/C39H79NO6.C37H75NO6.3CH4/c1-5-7-9-11-13-15-17-19-21-23-25-27-29-43-36-38(35-40-39(41)46-34-32-42-31-33-44-37(3)4)45-30-28-26-24-22-20-18-16-14-12-10-8-6-2;1-4-6-8-10-12-14-16-18-20-22-24-26-28-42-35-36(34-38-37(39)44-33-32-41-31-30-40-3)43-29-27-25-23-21-19-17-15-13-11-9-7-5-2;;;/h37-38H,5-36H2,1-4H3,(H,40,41);36H,4-35H2,1-3H3,(H,38,39);3*1H4/t;36-;;;/m.0.../s1. The number of hydrogen-bond acceptors (Lipinski definition) is 12. The number of amides is 2. The maximum atomic E-state index is 12.2. The van der Waals surface area contributed by atoms with Gasteiger partial charge in [-0.1, -0.05) is 332 Å². The molecule has 2 amide bonds. The molecular formula is C79H166N2O12. The Balaban J connectivity index is -0.000000538. The van der Waals surface area contributed by atoms with Crippen LogP contribution in [0.2, 0.25) is 0 Å². The van der Waals surface area contributed by atoms with E-state index < -0.39 is 12.2 Å². The van der Waals surface area contributed by atoms with Gasteiger partial charge in [0.2, 0.25) is 0 Å². The van der Waals surface area contributed by atoms with Crippen LogP contribution in [0.15, 0.2) is 0 Å². The molecule has 0 aromatic rings. The molecule has 0 aromatic heterocycles. The van der Waals surface area contributed by atoms with Crippen molar-refractivity contribution in [3.8, 4) is 0 Å². The van der Waals surface area contributed by atoms with Crippen molar-refractivity contribution in [3.63, 3.8) is 0 Å². The van der Waals surface area contributed by atoms with Gasteiger partial charge in [-0.15, -0.1) is 0 Å². The number of unbranched alkanes of at least 4 members (excludes halogenated alkanes) is 44. The number of hydrogen-bond donors (Lipinski definition) is 2. The molecule has 0 radical (unpaired) electrons. The number of methoxy groups -OCH3 is 1. The third-order valence-corrected chi connectivity index (χ3v) is 16.6. The van der Waals surface area contributed by atoms with E-state index in [0.717, 1.165) is 38.9 Å². The summed E-state index contributed by atoms with van der Waals surface area (Å²) in [6.07, 6.45) is 62.8. The molecule has 0 aliphatic rings. The number of alkyl carbamates (subject to hydrolysis) is 2. The van der Waals surface area contributed by atoms with Crippen LogP contribution in [0.1, 0.15) is 372 Å². The van der Waals surface area contributed by atoms with Crippen LogP contribution in [-0.2, 0) is 47.4 Å². The van der Waals surface area contributed by atoms with Crippen LogP contribution in [0, 0.1) is 0 Å². The lowest BCUT2D eigenvalue weighted by Gasteiger charge is -2.19. The Bertz CT molecular complexity index is 1340. The largest absolute Gasteiger partial charge is 0.447 e. The minimum atomic E-state index is -0.444. The first-order chi connectivity index (χ1) is 44.3. The summed E-state index contributed by atoms with van der Waals surface area (Å²) in [5.41, 5.74) is 0. The first-order valence-electron chi connectivity index (χ1n) is 38.8. The molecule has 0 saturated heterocycles. The molecule has 0 heterocycles. The number of carbonyl (C=O) groups is 2. The molecule has 0 aliphatic carbocycles. The van der Waals surface area contributed by atoms with Crippen molar-refractivity contribution in [3.05, 3.63) is 0 Å². The summed E-state index contributed by atoms with van der Waals surface area (Å²) in [6, 6.07) is 0. The Kier molecular flexibility index (Phi) is 96.9. The molecule has 0 saturated carbocycles. The zero-order valence-corrected chi connectivity index (χ0v) is 60.9. The van der Waals surface area contributed by atoms with E-state index in [0.29, 0.717) is 79.2 Å². The van der Waals surface area contributed by atoms with Crippen molar-refractivity contribution in [2.24, 2.45) is 0 Å². The summed E-state index contributed by atoms with van der Waals surface area (Å²) in [4.78, 5) is 24.3. The predicted molar refractivity (Wildman–Crippen MR) is 399 cm³/mol. The van der Waals surface area contributed by atoms with E-state index in [1.54, 1.807) is 7.11 Å². The first kappa shape index (κ1) is 99.9. The van der Waals surface area contributed by atoms with Crippen LogP contribution in [0.3, 0.4) is 0 Å². The van der Waals surface area contributed by atoms with Gasteiger partial charge < -0.3 is 58.0 Å². The molecule has 1 unspecified atom stereocenters. The SMILES string of the molecule is C.C.C.CCCCCCCCCCCCCCOCC(CNC(=O)OCCOCCOC(C)C)OCCCCCCCCCCCCCC.CCCCCCCCCCCCCCOC[C@H](CNC(=O)OCCOCCOC)OCCCCCCCCCCCCCC. The zero-order valence-electron chi connectivity index (χ0n) is 60.9. The van der Waals surface area contributed by atoms with Gasteiger partial charge in [0.25, 0.3) is 0 Å². The maximum absolute atomic E-state index is 12.2. The summed E-state index contributed by atoms with van der Waals surface area (Å²) in [6.45, 7) is 21.0. The van der Waals surface area contributed by atoms with Crippen molar-refractivity contribution in [1.29, 1.82) is 0 Å². The van der Waals surface area contributed by atoms with E-state index >= 15 is 0 Å². The number of nitrogens with one attached hydrogen (secondary N) is 2. The molecule has 0 aliphatic heterocycles. The smallest absolute Gasteiger partial charge is 0.407 e. The molecule has 564 valence electrons. The highest BCUT2D eigenvalue weighted by atomic mass is 16.6. The highest BCUT2D eigenvalue weighted by molar-refractivity contribution is 5.67. The van der Waals surface area contributed by atoms with E-state index in [2.05, 4.69) is 38.3 Å². The van der Waals surface area contributed by atoms with Gasteiger partial charge in [-0.05, 0) is 39.5 Å². The number of carbonyl (C=O) groups excluding carboxylic acids is 2. The monoisotopic (exact) mass is 1340 g/mol. The summed E-state index contributed by atoms with van der Waals surface area (Å²) in [7, 11) is 1.63. The van der Waals surface area contributed by atoms with E-state index in [4.69, 9.17) is 47.4 Å². The van der Waals surface area contributed by atoms with Crippen molar-refractivity contribution in [2.75, 3.05) is 113 Å². The summed E-state index contributed by atoms with van der Waals surface area (Å²) >= 11 is 0. The molecule has 0 fully saturated rings. The molecule has 0 spiro atoms. The van der Waals surface area contributed by atoms with Crippen molar-refractivity contribution in [1.82, 2.24) is 10.6 Å². The third-order valence-electron chi connectivity index (χ3n) is 16.6. The third kappa shape index (κ3) is 90.2. The lowest BCUT2D eigenvalue weighted by molar-refractivity contribution is -0.0183. The molecule has 2 atom stereocenters. The van der Waals surface area contributed by atoms with Gasteiger partial charge in [0.05, 0.1) is 71.2 Å². The topological polar surface area (TPSA) is 150 Å². The summed E-state index contributed by atoms with van der Waals surface area (Å²) < 4.78 is 55.9. The second kappa shape index (κ2) is 90.2. The lowest BCUT2D eigenvalue weighted by Crippen LogP contribution is -2.37. The zero-order chi connectivity index (χ0) is 65.6. The normalized spacial score (nSPS) is 11.7. The van der Waals surface area contributed by atoms with E-state index in [1.165, 1.54) is 283 Å². The molecule has 14 heteroatoms. The fourth-order valence-electron chi connectivity index (χ4n) is 10.8. The van der Waals surface area contributed by atoms with E-state index in [1.807, 2.05) is 13.8 Å². The second-order valence-corrected chi connectivity index (χ2v) is 25.9. The van der Waals surface area contributed by atoms with Gasteiger partial charge in [-0.3, -0.25) is 0 Å². The number of ether oxygens (including phenoxy) is 10. The van der Waals surface area contributed by atoms with Gasteiger partial charge in [0.1, 0.15) is 13.2 Å². The van der Waals surface area contributed by atoms with Gasteiger partial charge in [0, 0.05) is 46.6 Å². The van der Waals surface area contributed by atoms with Gasteiger partial charge >= 0.3 is 12.2 Å².